The molecule has 0 spiro atoms. The molecule has 1 N–H and O–H groups in total. The Morgan fingerprint density at radius 2 is 2.22 bits per heavy atom. The zero-order valence-electron chi connectivity index (χ0n) is 13.7. The predicted molar refractivity (Wildman–Crippen MR) is 83.9 cm³/mol. The molecule has 0 saturated carbocycles. The highest BCUT2D eigenvalue weighted by atomic mass is 16.5. The Kier molecular flexibility index (Phi) is 4.53. The van der Waals surface area contributed by atoms with Gasteiger partial charge < -0.3 is 9.51 Å². The van der Waals surface area contributed by atoms with E-state index in [9.17, 15) is 4.79 Å². The summed E-state index contributed by atoms with van der Waals surface area (Å²) in [4.78, 5) is 27.8. The maximum absolute atomic E-state index is 11.7. The van der Waals surface area contributed by atoms with E-state index >= 15 is 0 Å². The molecule has 3 heterocycles. The summed E-state index contributed by atoms with van der Waals surface area (Å²) in [5, 5.41) is 3.88. The summed E-state index contributed by atoms with van der Waals surface area (Å²) in [5.74, 6) is 1.99. The zero-order chi connectivity index (χ0) is 16.4. The first-order valence-corrected chi connectivity index (χ1v) is 7.87. The van der Waals surface area contributed by atoms with E-state index in [1.54, 1.807) is 6.07 Å². The van der Waals surface area contributed by atoms with Crippen LogP contribution >= 0.6 is 0 Å². The van der Waals surface area contributed by atoms with Gasteiger partial charge in [-0.3, -0.25) is 14.6 Å². The number of rotatable bonds is 4. The molecule has 1 aliphatic rings. The maximum atomic E-state index is 11.7. The van der Waals surface area contributed by atoms with Crippen LogP contribution in [0.5, 0.6) is 0 Å². The number of aromatic nitrogens is 4. The monoisotopic (exact) mass is 318 g/mol. The molecule has 0 bridgehead atoms. The highest BCUT2D eigenvalue weighted by Crippen LogP contribution is 2.23. The molecule has 1 aliphatic heterocycles. The second kappa shape index (κ2) is 6.59. The van der Waals surface area contributed by atoms with Crippen LogP contribution in [-0.4, -0.2) is 56.6 Å². The summed E-state index contributed by atoms with van der Waals surface area (Å²) < 4.78 is 5.33. The maximum Gasteiger partial charge on any atom is 0.251 e. The summed E-state index contributed by atoms with van der Waals surface area (Å²) in [6.07, 6.45) is 0.754. The number of nitrogens with one attached hydrogen (secondary N) is 1. The fourth-order valence-corrected chi connectivity index (χ4v) is 2.82. The van der Waals surface area contributed by atoms with E-state index in [2.05, 4.69) is 37.0 Å². The van der Waals surface area contributed by atoms with E-state index in [1.807, 2.05) is 13.8 Å². The third kappa shape index (κ3) is 3.65. The Balaban J connectivity index is 1.74. The lowest BCUT2D eigenvalue weighted by Crippen LogP contribution is -2.46. The number of likely N-dealkylation sites (N-methyl/N-ethyl adjacent to an activating group) is 1. The Morgan fingerprint density at radius 3 is 2.91 bits per heavy atom. The van der Waals surface area contributed by atoms with Gasteiger partial charge in [0.05, 0.1) is 6.54 Å². The third-order valence-corrected chi connectivity index (χ3v) is 4.14. The second-order valence-electron chi connectivity index (χ2n) is 5.95. The Bertz CT molecular complexity index is 725. The van der Waals surface area contributed by atoms with E-state index in [0.29, 0.717) is 24.1 Å². The highest BCUT2D eigenvalue weighted by Gasteiger charge is 2.30. The first kappa shape index (κ1) is 15.8. The lowest BCUT2D eigenvalue weighted by atomic mass is 10.1. The first-order valence-electron chi connectivity index (χ1n) is 7.87. The summed E-state index contributed by atoms with van der Waals surface area (Å²) in [6.45, 7) is 6.98. The van der Waals surface area contributed by atoms with Crippen molar-refractivity contribution in [2.45, 2.75) is 32.9 Å². The smallest absolute Gasteiger partial charge is 0.251 e. The van der Waals surface area contributed by atoms with Gasteiger partial charge in [0.25, 0.3) is 5.56 Å². The van der Waals surface area contributed by atoms with Crippen molar-refractivity contribution in [2.75, 3.05) is 26.7 Å². The zero-order valence-corrected chi connectivity index (χ0v) is 13.7. The molecular weight excluding hydrogens is 296 g/mol. The van der Waals surface area contributed by atoms with Crippen molar-refractivity contribution >= 4 is 0 Å². The average Bonchev–Trinajstić information content (AvgIpc) is 2.95. The Hall–Kier alpha value is -2.06. The fraction of sp³-hybridized carbons (Fsp3) is 0.600. The summed E-state index contributed by atoms with van der Waals surface area (Å²) in [5.41, 5.74) is 0.729. The lowest BCUT2D eigenvalue weighted by molar-refractivity contribution is 0.0698. The Labute approximate surface area is 134 Å². The molecule has 0 aliphatic carbocycles. The van der Waals surface area contributed by atoms with Crippen LogP contribution in [0.1, 0.15) is 36.2 Å². The quantitative estimate of drug-likeness (QED) is 0.878. The minimum Gasteiger partial charge on any atom is -0.338 e. The van der Waals surface area contributed by atoms with Crippen molar-refractivity contribution in [3.8, 4) is 0 Å². The topological polar surface area (TPSA) is 91.2 Å². The minimum atomic E-state index is -0.0925. The van der Waals surface area contributed by atoms with E-state index in [1.165, 1.54) is 0 Å². The molecule has 124 valence electrons. The Morgan fingerprint density at radius 1 is 1.39 bits per heavy atom. The molecule has 8 heteroatoms. The number of hydrogen-bond acceptors (Lipinski definition) is 7. The number of H-pyrrole nitrogens is 1. The van der Waals surface area contributed by atoms with Crippen molar-refractivity contribution in [1.29, 1.82) is 0 Å². The summed E-state index contributed by atoms with van der Waals surface area (Å²) in [7, 11) is 2.05. The summed E-state index contributed by atoms with van der Waals surface area (Å²) >= 11 is 0. The molecule has 0 aromatic carbocycles. The van der Waals surface area contributed by atoms with E-state index in [0.717, 1.165) is 31.7 Å². The van der Waals surface area contributed by atoms with E-state index in [4.69, 9.17) is 4.52 Å². The van der Waals surface area contributed by atoms with Crippen LogP contribution in [0.15, 0.2) is 15.4 Å². The third-order valence-electron chi connectivity index (χ3n) is 4.14. The molecule has 2 aromatic rings. The number of piperazine rings is 1. The second-order valence-corrected chi connectivity index (χ2v) is 5.95. The molecule has 0 unspecified atom stereocenters. The number of aromatic amines is 1. The van der Waals surface area contributed by atoms with Crippen LogP contribution in [-0.2, 0) is 13.0 Å². The molecule has 1 saturated heterocycles. The van der Waals surface area contributed by atoms with Crippen LogP contribution in [0.2, 0.25) is 0 Å². The van der Waals surface area contributed by atoms with Crippen molar-refractivity contribution in [2.24, 2.45) is 0 Å². The molecule has 1 fully saturated rings. The van der Waals surface area contributed by atoms with Crippen molar-refractivity contribution in [3.63, 3.8) is 0 Å². The molecule has 23 heavy (non-hydrogen) atoms. The van der Waals surface area contributed by atoms with Gasteiger partial charge in [0.15, 0.2) is 5.82 Å². The largest absolute Gasteiger partial charge is 0.338 e. The number of hydrogen-bond donors (Lipinski definition) is 1. The van der Waals surface area contributed by atoms with Crippen molar-refractivity contribution < 1.29 is 4.52 Å². The van der Waals surface area contributed by atoms with Gasteiger partial charge in [0, 0.05) is 31.4 Å². The van der Waals surface area contributed by atoms with Gasteiger partial charge >= 0.3 is 0 Å². The normalized spacial score (nSPS) is 20.0. The molecular formula is C15H22N6O2. The average molecular weight is 318 g/mol. The minimum absolute atomic E-state index is 0.0611. The van der Waals surface area contributed by atoms with Gasteiger partial charge in [-0.25, -0.2) is 4.98 Å². The fourth-order valence-electron chi connectivity index (χ4n) is 2.82. The van der Waals surface area contributed by atoms with Gasteiger partial charge in [0.1, 0.15) is 11.9 Å². The molecule has 0 amide bonds. The van der Waals surface area contributed by atoms with E-state index in [-0.39, 0.29) is 11.6 Å². The van der Waals surface area contributed by atoms with Gasteiger partial charge in [-0.05, 0) is 20.4 Å². The SMILES string of the molecule is CCc1cc(=O)[nH]c(CN2CCN(C)[C@@H](c3nc(C)no3)C2)n1. The van der Waals surface area contributed by atoms with Crippen LogP contribution in [0, 0.1) is 6.92 Å². The van der Waals surface area contributed by atoms with Crippen molar-refractivity contribution in [1.82, 2.24) is 29.9 Å². The highest BCUT2D eigenvalue weighted by molar-refractivity contribution is 5.03. The standard InChI is InChI=1S/C15H22N6O2/c1-4-11-7-14(22)18-13(17-11)9-21-6-5-20(3)12(8-21)15-16-10(2)19-23-15/h7,12H,4-6,8-9H2,1-3H3,(H,17,18,22)/t12-/m1/s1. The van der Waals surface area contributed by atoms with Crippen LogP contribution in [0.25, 0.3) is 0 Å². The molecule has 0 radical (unpaired) electrons. The predicted octanol–water partition coefficient (Wildman–Crippen LogP) is 0.512. The lowest BCUT2D eigenvalue weighted by Gasteiger charge is -2.37. The molecule has 8 nitrogen and oxygen atoms in total. The summed E-state index contributed by atoms with van der Waals surface area (Å²) in [6, 6.07) is 1.61. The molecule has 1 atom stereocenters. The van der Waals surface area contributed by atoms with Gasteiger partial charge in [-0.1, -0.05) is 12.1 Å². The van der Waals surface area contributed by atoms with Crippen molar-refractivity contribution in [3.05, 3.63) is 39.7 Å². The van der Waals surface area contributed by atoms with Gasteiger partial charge in [0.2, 0.25) is 5.89 Å². The molecule has 3 rings (SSSR count). The first-order chi connectivity index (χ1) is 11.0. The number of aryl methyl sites for hydroxylation is 2. The van der Waals surface area contributed by atoms with Crippen LogP contribution in [0.3, 0.4) is 0 Å². The van der Waals surface area contributed by atoms with Crippen LogP contribution < -0.4 is 5.56 Å². The van der Waals surface area contributed by atoms with E-state index < -0.39 is 0 Å². The molecule has 2 aromatic heterocycles. The van der Waals surface area contributed by atoms with Crippen LogP contribution in [0.4, 0.5) is 0 Å². The van der Waals surface area contributed by atoms with Gasteiger partial charge in [-0.2, -0.15) is 4.98 Å². The number of nitrogens with zero attached hydrogens (tertiary/aromatic N) is 5. The van der Waals surface area contributed by atoms with Gasteiger partial charge in [-0.15, -0.1) is 0 Å².